The molecule has 2 aliphatic rings. The average molecular weight is 278 g/mol. The Morgan fingerprint density at radius 1 is 1.07 bits per heavy atom. The van der Waals surface area contributed by atoms with Gasteiger partial charge in [0.05, 0.1) is 0 Å². The molecular formula is C11H17F2Zr-. The summed E-state index contributed by atoms with van der Waals surface area (Å²) in [6, 6.07) is 0. The van der Waals surface area contributed by atoms with E-state index < -0.39 is 0 Å². The molecule has 2 aliphatic carbocycles. The van der Waals surface area contributed by atoms with E-state index in [9.17, 15) is 0 Å². The van der Waals surface area contributed by atoms with Crippen LogP contribution in [0.15, 0.2) is 17.7 Å². The Bertz CT molecular complexity index is 193. The molecule has 80 valence electrons. The third-order valence-corrected chi connectivity index (χ3v) is 2.77. The minimum Gasteiger partial charge on any atom is -0.269 e. The van der Waals surface area contributed by atoms with E-state index in [0.717, 1.165) is 12.3 Å². The van der Waals surface area contributed by atoms with Gasteiger partial charge in [0, 0.05) is 26.2 Å². The molecule has 0 N–H and O–H groups in total. The summed E-state index contributed by atoms with van der Waals surface area (Å²) in [5, 5.41) is 0. The van der Waals surface area contributed by atoms with Gasteiger partial charge in [-0.1, -0.05) is 19.3 Å². The van der Waals surface area contributed by atoms with Crippen LogP contribution in [0.1, 0.15) is 38.5 Å². The van der Waals surface area contributed by atoms with E-state index in [1.807, 2.05) is 0 Å². The van der Waals surface area contributed by atoms with Gasteiger partial charge in [-0.05, 0) is 18.8 Å². The fourth-order valence-corrected chi connectivity index (χ4v) is 2.12. The largest absolute Gasteiger partial charge is 0.269 e. The van der Waals surface area contributed by atoms with Crippen LogP contribution in [0.2, 0.25) is 0 Å². The first-order valence-corrected chi connectivity index (χ1v) is 4.74. The van der Waals surface area contributed by atoms with E-state index in [2.05, 4.69) is 18.2 Å². The summed E-state index contributed by atoms with van der Waals surface area (Å²) in [6.07, 6.45) is 16.1. The van der Waals surface area contributed by atoms with Gasteiger partial charge in [0.15, 0.2) is 0 Å². The van der Waals surface area contributed by atoms with Gasteiger partial charge in [-0.2, -0.15) is 6.08 Å². The molecule has 0 radical (unpaired) electrons. The summed E-state index contributed by atoms with van der Waals surface area (Å²) in [6.45, 7) is 0. The van der Waals surface area contributed by atoms with Crippen molar-refractivity contribution in [3.8, 4) is 0 Å². The molecule has 2 rings (SSSR count). The van der Waals surface area contributed by atoms with Crippen molar-refractivity contribution < 1.29 is 35.6 Å². The van der Waals surface area contributed by atoms with Gasteiger partial charge in [0.25, 0.3) is 0 Å². The Kier molecular flexibility index (Phi) is 10.1. The molecule has 0 aromatic heterocycles. The van der Waals surface area contributed by atoms with Crippen molar-refractivity contribution in [3.63, 3.8) is 0 Å². The van der Waals surface area contributed by atoms with Crippen LogP contribution < -0.4 is 0 Å². The first kappa shape index (κ1) is 16.6. The normalized spacial score (nSPS) is 20.1. The number of hydrogen-bond acceptors (Lipinski definition) is 0. The molecule has 1 saturated carbocycles. The summed E-state index contributed by atoms with van der Waals surface area (Å²) in [5.41, 5.74) is 1.50. The fraction of sp³-hybridized carbons (Fsp3) is 0.636. The van der Waals surface area contributed by atoms with Crippen molar-refractivity contribution in [1.82, 2.24) is 0 Å². The Balaban J connectivity index is 0. The molecule has 1 fully saturated rings. The van der Waals surface area contributed by atoms with Gasteiger partial charge in [-0.3, -0.25) is 15.5 Å². The molecule has 0 bridgehead atoms. The van der Waals surface area contributed by atoms with Crippen molar-refractivity contribution in [2.45, 2.75) is 38.5 Å². The number of halogens is 2. The van der Waals surface area contributed by atoms with E-state index in [1.54, 1.807) is 0 Å². The molecule has 0 spiro atoms. The molecule has 0 aliphatic heterocycles. The van der Waals surface area contributed by atoms with Crippen molar-refractivity contribution >= 4 is 0 Å². The second-order valence-electron chi connectivity index (χ2n) is 3.57. The summed E-state index contributed by atoms with van der Waals surface area (Å²) in [5.74, 6) is 0.863. The van der Waals surface area contributed by atoms with Crippen LogP contribution in [0.4, 0.5) is 9.41 Å². The van der Waals surface area contributed by atoms with Crippen LogP contribution in [0.25, 0.3) is 0 Å². The molecule has 0 aromatic carbocycles. The van der Waals surface area contributed by atoms with Crippen LogP contribution in [0.5, 0.6) is 0 Å². The van der Waals surface area contributed by atoms with Crippen LogP contribution >= 0.6 is 0 Å². The van der Waals surface area contributed by atoms with E-state index in [4.69, 9.17) is 0 Å². The van der Waals surface area contributed by atoms with Gasteiger partial charge in [0.1, 0.15) is 0 Å². The second-order valence-corrected chi connectivity index (χ2v) is 3.57. The zero-order valence-corrected chi connectivity index (χ0v) is 10.7. The van der Waals surface area contributed by atoms with E-state index in [1.165, 1.54) is 37.7 Å². The smallest absolute Gasteiger partial charge is 0 e. The van der Waals surface area contributed by atoms with Gasteiger partial charge in [-0.15, -0.1) is 6.42 Å². The first-order chi connectivity index (χ1) is 5.47. The number of rotatable bonds is 1. The van der Waals surface area contributed by atoms with Crippen molar-refractivity contribution in [1.29, 1.82) is 0 Å². The van der Waals surface area contributed by atoms with Crippen molar-refractivity contribution in [3.05, 3.63) is 23.8 Å². The maximum absolute atomic E-state index is 3.43. The minimum atomic E-state index is 0. The zero-order valence-electron chi connectivity index (χ0n) is 8.29. The van der Waals surface area contributed by atoms with Gasteiger partial charge in [-0.25, -0.2) is 11.6 Å². The number of allylic oxidation sites excluding steroid dienone is 4. The molecule has 0 aromatic rings. The SMILES string of the molecule is F.F.[C-]1=C(C2CCCCC2)C=CC1.[Zr]. The Hall–Kier alpha value is 0.223. The number of hydrogen-bond donors (Lipinski definition) is 0. The summed E-state index contributed by atoms with van der Waals surface area (Å²) in [4.78, 5) is 0. The summed E-state index contributed by atoms with van der Waals surface area (Å²) in [7, 11) is 0. The van der Waals surface area contributed by atoms with E-state index in [0.29, 0.717) is 0 Å². The molecule has 0 nitrogen and oxygen atoms in total. The predicted octanol–water partition coefficient (Wildman–Crippen LogP) is 3.56. The van der Waals surface area contributed by atoms with Crippen molar-refractivity contribution in [2.24, 2.45) is 5.92 Å². The quantitative estimate of drug-likeness (QED) is 0.643. The molecule has 0 atom stereocenters. The minimum absolute atomic E-state index is 0. The van der Waals surface area contributed by atoms with Crippen molar-refractivity contribution in [2.75, 3.05) is 0 Å². The van der Waals surface area contributed by atoms with E-state index in [-0.39, 0.29) is 35.6 Å². The second kappa shape index (κ2) is 8.52. The average Bonchev–Trinajstić information content (AvgIpc) is 2.58. The topological polar surface area (TPSA) is 0 Å². The van der Waals surface area contributed by atoms with E-state index >= 15 is 0 Å². The van der Waals surface area contributed by atoms with Gasteiger partial charge in [0.2, 0.25) is 0 Å². The molecule has 0 saturated heterocycles. The van der Waals surface area contributed by atoms with Gasteiger partial charge < -0.3 is 0 Å². The van der Waals surface area contributed by atoms with Gasteiger partial charge >= 0.3 is 0 Å². The molecule has 0 amide bonds. The Labute approximate surface area is 104 Å². The predicted molar refractivity (Wildman–Crippen MR) is 52.1 cm³/mol. The Morgan fingerprint density at radius 2 is 1.71 bits per heavy atom. The standard InChI is InChI=1S/C11H15.2FH.Zr/c1-2-6-10(7-3-1)11-8-4-5-9-11;;;/h4,8,10H,1-3,5-7H2;2*1H;/q-1;;;. The molecule has 14 heavy (non-hydrogen) atoms. The Morgan fingerprint density at radius 3 is 2.21 bits per heavy atom. The maximum atomic E-state index is 3.43. The van der Waals surface area contributed by atoms with Crippen LogP contribution in [0.3, 0.4) is 0 Å². The van der Waals surface area contributed by atoms with Crippen LogP contribution in [-0.4, -0.2) is 0 Å². The molecule has 3 heteroatoms. The summed E-state index contributed by atoms with van der Waals surface area (Å²) >= 11 is 0. The molecule has 0 heterocycles. The van der Waals surface area contributed by atoms with Crippen LogP contribution in [-0.2, 0) is 26.2 Å². The van der Waals surface area contributed by atoms with Crippen LogP contribution in [0, 0.1) is 12.0 Å². The monoisotopic (exact) mass is 277 g/mol. The third kappa shape index (κ3) is 4.17. The molecular weight excluding hydrogens is 261 g/mol. The third-order valence-electron chi connectivity index (χ3n) is 2.77. The maximum Gasteiger partial charge on any atom is 0 e. The first-order valence-electron chi connectivity index (χ1n) is 4.74. The fourth-order valence-electron chi connectivity index (χ4n) is 2.12. The summed E-state index contributed by atoms with van der Waals surface area (Å²) < 4.78 is 0. The molecule has 0 unspecified atom stereocenters. The zero-order chi connectivity index (χ0) is 7.52.